The van der Waals surface area contributed by atoms with Gasteiger partial charge in [0.2, 0.25) is 0 Å². The maximum Gasteiger partial charge on any atom is 0.158 e. The van der Waals surface area contributed by atoms with Crippen LogP contribution in [0.25, 0.3) is 21.5 Å². The number of rotatable bonds is 0. The highest BCUT2D eigenvalue weighted by atomic mass is 16.3. The molecule has 3 aromatic rings. The highest BCUT2D eigenvalue weighted by Crippen LogP contribution is 2.36. The zero-order chi connectivity index (χ0) is 12.9. The van der Waals surface area contributed by atoms with Crippen LogP contribution in [0.5, 0.6) is 17.2 Å². The van der Waals surface area contributed by atoms with Crippen molar-refractivity contribution in [1.29, 1.82) is 0 Å². The van der Waals surface area contributed by atoms with E-state index in [4.69, 9.17) is 0 Å². The maximum absolute atomic E-state index is 9.60. The van der Waals surface area contributed by atoms with E-state index >= 15 is 0 Å². The molecular weight excluding hydrogens is 228 g/mol. The van der Waals surface area contributed by atoms with Gasteiger partial charge in [-0.15, -0.1) is 0 Å². The summed E-state index contributed by atoms with van der Waals surface area (Å²) in [5.41, 5.74) is 1.06. The topological polar surface area (TPSA) is 60.7 Å². The number of aryl methyl sites for hydroxylation is 1. The van der Waals surface area contributed by atoms with Crippen molar-refractivity contribution in [3.8, 4) is 17.2 Å². The quantitative estimate of drug-likeness (QED) is 0.417. The third kappa shape index (κ3) is 1.44. The fourth-order valence-electron chi connectivity index (χ4n) is 2.36. The molecule has 3 aromatic carbocycles. The molecule has 3 heteroatoms. The third-order valence-corrected chi connectivity index (χ3v) is 3.24. The zero-order valence-electron chi connectivity index (χ0n) is 9.81. The Kier molecular flexibility index (Phi) is 2.10. The molecule has 0 aliphatic heterocycles. The molecule has 0 spiro atoms. The van der Waals surface area contributed by atoms with Crippen LogP contribution in [0.15, 0.2) is 36.4 Å². The first-order chi connectivity index (χ1) is 8.56. The zero-order valence-corrected chi connectivity index (χ0v) is 9.81. The lowest BCUT2D eigenvalue weighted by atomic mass is 9.97. The largest absolute Gasteiger partial charge is 0.508 e. The standard InChI is InChI=1S/C15H12O3/c1-8-4-9-5-14(17)15(18)7-12(9)13-6-10(16)2-3-11(8)13/h2-7,16-18H,1H3. The average Bonchev–Trinajstić information content (AvgIpc) is 2.32. The minimum absolute atomic E-state index is 0.138. The van der Waals surface area contributed by atoms with Crippen LogP contribution in [0, 0.1) is 6.92 Å². The molecule has 0 heterocycles. The van der Waals surface area contributed by atoms with Gasteiger partial charge in [-0.05, 0) is 58.3 Å². The van der Waals surface area contributed by atoms with E-state index in [1.807, 2.05) is 19.1 Å². The lowest BCUT2D eigenvalue weighted by Gasteiger charge is -2.09. The van der Waals surface area contributed by atoms with Crippen LogP contribution in [0.4, 0.5) is 0 Å². The second kappa shape index (κ2) is 3.53. The summed E-state index contributed by atoms with van der Waals surface area (Å²) in [6.07, 6.45) is 0. The second-order valence-corrected chi connectivity index (χ2v) is 4.49. The molecule has 0 fully saturated rings. The molecule has 0 saturated carbocycles. The molecule has 0 atom stereocenters. The Labute approximate surface area is 104 Å². The normalized spacial score (nSPS) is 11.2. The molecular formula is C15H12O3. The van der Waals surface area contributed by atoms with Crippen LogP contribution in [0.2, 0.25) is 0 Å². The first kappa shape index (κ1) is 10.7. The average molecular weight is 240 g/mol. The van der Waals surface area contributed by atoms with Gasteiger partial charge in [-0.25, -0.2) is 0 Å². The van der Waals surface area contributed by atoms with Crippen molar-refractivity contribution in [2.24, 2.45) is 0 Å². The predicted octanol–water partition coefficient (Wildman–Crippen LogP) is 3.42. The lowest BCUT2D eigenvalue weighted by Crippen LogP contribution is -1.83. The van der Waals surface area contributed by atoms with Crippen molar-refractivity contribution in [1.82, 2.24) is 0 Å². The van der Waals surface area contributed by atoms with E-state index in [9.17, 15) is 15.3 Å². The summed E-state index contributed by atoms with van der Waals surface area (Å²) in [5.74, 6) is -0.112. The first-order valence-corrected chi connectivity index (χ1v) is 5.64. The van der Waals surface area contributed by atoms with E-state index in [-0.39, 0.29) is 17.2 Å². The minimum atomic E-state index is -0.156. The van der Waals surface area contributed by atoms with Crippen LogP contribution in [0.3, 0.4) is 0 Å². The fourth-order valence-corrected chi connectivity index (χ4v) is 2.36. The summed E-state index contributed by atoms with van der Waals surface area (Å²) < 4.78 is 0. The number of aromatic hydroxyl groups is 3. The summed E-state index contributed by atoms with van der Waals surface area (Å²) >= 11 is 0. The van der Waals surface area contributed by atoms with E-state index in [0.29, 0.717) is 0 Å². The van der Waals surface area contributed by atoms with Crippen molar-refractivity contribution in [2.45, 2.75) is 6.92 Å². The van der Waals surface area contributed by atoms with Crippen LogP contribution in [0.1, 0.15) is 5.56 Å². The lowest BCUT2D eigenvalue weighted by molar-refractivity contribution is 0.405. The summed E-state index contributed by atoms with van der Waals surface area (Å²) in [5, 5.41) is 32.3. The number of phenolic OH excluding ortho intramolecular Hbond substituents is 3. The molecule has 0 aromatic heterocycles. The van der Waals surface area contributed by atoms with Crippen molar-refractivity contribution in [3.63, 3.8) is 0 Å². The van der Waals surface area contributed by atoms with Gasteiger partial charge in [-0.1, -0.05) is 12.1 Å². The summed E-state index contributed by atoms with van der Waals surface area (Å²) in [6, 6.07) is 10.2. The Morgan fingerprint density at radius 1 is 0.722 bits per heavy atom. The summed E-state index contributed by atoms with van der Waals surface area (Å²) in [4.78, 5) is 0. The number of hydrogen-bond acceptors (Lipinski definition) is 3. The predicted molar refractivity (Wildman–Crippen MR) is 71.2 cm³/mol. The van der Waals surface area contributed by atoms with Gasteiger partial charge in [0.1, 0.15) is 5.75 Å². The Morgan fingerprint density at radius 2 is 1.44 bits per heavy atom. The van der Waals surface area contributed by atoms with Gasteiger partial charge in [0.15, 0.2) is 11.5 Å². The molecule has 90 valence electrons. The highest BCUT2D eigenvalue weighted by molar-refractivity contribution is 6.10. The minimum Gasteiger partial charge on any atom is -0.508 e. The van der Waals surface area contributed by atoms with Crippen molar-refractivity contribution < 1.29 is 15.3 Å². The van der Waals surface area contributed by atoms with Crippen LogP contribution < -0.4 is 0 Å². The van der Waals surface area contributed by atoms with Gasteiger partial charge in [-0.2, -0.15) is 0 Å². The molecule has 3 rings (SSSR count). The van der Waals surface area contributed by atoms with Gasteiger partial charge in [0.25, 0.3) is 0 Å². The molecule has 0 unspecified atom stereocenters. The molecule has 0 saturated heterocycles. The van der Waals surface area contributed by atoms with Gasteiger partial charge < -0.3 is 15.3 Å². The summed E-state index contributed by atoms with van der Waals surface area (Å²) in [6.45, 7) is 1.97. The van der Waals surface area contributed by atoms with E-state index < -0.39 is 0 Å². The SMILES string of the molecule is Cc1cc2cc(O)c(O)cc2c2cc(O)ccc12. The Balaban J connectivity index is 2.58. The number of phenols is 3. The third-order valence-electron chi connectivity index (χ3n) is 3.24. The molecule has 0 radical (unpaired) electrons. The van der Waals surface area contributed by atoms with Crippen molar-refractivity contribution >= 4 is 21.5 Å². The molecule has 3 N–H and O–H groups in total. The van der Waals surface area contributed by atoms with Crippen LogP contribution in [-0.2, 0) is 0 Å². The Bertz CT molecular complexity index is 776. The van der Waals surface area contributed by atoms with E-state index in [2.05, 4.69) is 0 Å². The smallest absolute Gasteiger partial charge is 0.158 e. The van der Waals surface area contributed by atoms with Crippen molar-refractivity contribution in [2.75, 3.05) is 0 Å². The first-order valence-electron chi connectivity index (χ1n) is 5.64. The highest BCUT2D eigenvalue weighted by Gasteiger charge is 2.08. The molecule has 3 nitrogen and oxygen atoms in total. The van der Waals surface area contributed by atoms with Gasteiger partial charge in [0, 0.05) is 0 Å². The van der Waals surface area contributed by atoms with E-state index in [0.717, 1.165) is 27.1 Å². The van der Waals surface area contributed by atoms with E-state index in [1.165, 1.54) is 12.1 Å². The second-order valence-electron chi connectivity index (χ2n) is 4.49. The number of hydrogen-bond donors (Lipinski definition) is 3. The van der Waals surface area contributed by atoms with Crippen LogP contribution >= 0.6 is 0 Å². The van der Waals surface area contributed by atoms with Gasteiger partial charge in [-0.3, -0.25) is 0 Å². The van der Waals surface area contributed by atoms with Crippen LogP contribution in [-0.4, -0.2) is 15.3 Å². The fraction of sp³-hybridized carbons (Fsp3) is 0.0667. The maximum atomic E-state index is 9.60. The molecule has 0 amide bonds. The molecule has 0 aliphatic carbocycles. The monoisotopic (exact) mass is 240 g/mol. The van der Waals surface area contributed by atoms with E-state index in [1.54, 1.807) is 12.1 Å². The van der Waals surface area contributed by atoms with Gasteiger partial charge >= 0.3 is 0 Å². The number of benzene rings is 3. The Morgan fingerprint density at radius 3 is 2.22 bits per heavy atom. The molecule has 0 aliphatic rings. The summed E-state index contributed by atoms with van der Waals surface area (Å²) in [7, 11) is 0. The Hall–Kier alpha value is -2.42. The molecule has 0 bridgehead atoms. The van der Waals surface area contributed by atoms with Gasteiger partial charge in [0.05, 0.1) is 0 Å². The number of fused-ring (bicyclic) bond motifs is 3. The molecule has 18 heavy (non-hydrogen) atoms. The van der Waals surface area contributed by atoms with Crippen molar-refractivity contribution in [3.05, 3.63) is 42.0 Å².